The molecule has 2 N–H and O–H groups in total. The normalized spacial score (nSPS) is 17.3. The highest BCUT2D eigenvalue weighted by atomic mass is 15.2. The Morgan fingerprint density at radius 2 is 2.09 bits per heavy atom. The lowest BCUT2D eigenvalue weighted by molar-refractivity contribution is 1.23. The van der Waals surface area contributed by atoms with Crippen LogP contribution < -0.4 is 5.84 Å². The number of hydrogen-bond acceptors (Lipinski definition) is 2. The topological polar surface area (TPSA) is 50.7 Å². The number of aliphatic imine (C=N–C) groups is 1. The molecule has 0 aliphatic carbocycles. The van der Waals surface area contributed by atoms with Crippen LogP contribution in [-0.2, 0) is 0 Å². The molecule has 54 valence electrons. The molecule has 0 fully saturated rings. The van der Waals surface area contributed by atoms with Crippen LogP contribution in [0, 0.1) is 0 Å². The van der Waals surface area contributed by atoms with Crippen molar-refractivity contribution in [3.8, 4) is 0 Å². The molecule has 0 amide bonds. The van der Waals surface area contributed by atoms with Gasteiger partial charge in [0.05, 0.1) is 0 Å². The molecule has 1 aromatic rings. The Labute approximate surface area is 64.3 Å². The van der Waals surface area contributed by atoms with Gasteiger partial charge in [-0.15, -0.1) is 0 Å². The third-order valence-corrected chi connectivity index (χ3v) is 1.65. The monoisotopic (exact) mass is 145 g/mol. The summed E-state index contributed by atoms with van der Waals surface area (Å²) in [5.41, 5.74) is 2.09. The lowest BCUT2D eigenvalue weighted by Crippen LogP contribution is -1.97. The molecule has 3 heteroatoms. The minimum atomic E-state index is 0.612. The largest absolute Gasteiger partial charge is 0.321 e. The van der Waals surface area contributed by atoms with Crippen LogP contribution in [0.5, 0.6) is 0 Å². The molecule has 0 aromatic heterocycles. The molecule has 1 aliphatic heterocycles. The van der Waals surface area contributed by atoms with Crippen LogP contribution in [0.25, 0.3) is 0 Å². The Balaban J connectivity index is 2.63. The second-order valence-electron chi connectivity index (χ2n) is 2.30. The van der Waals surface area contributed by atoms with E-state index in [1.165, 1.54) is 0 Å². The summed E-state index contributed by atoms with van der Waals surface area (Å²) in [6, 6.07) is 7.84. The molecule has 1 aromatic carbocycles. The predicted octanol–water partition coefficient (Wildman–Crippen LogP) is 0.739. The first-order chi connectivity index (χ1) is 5.42. The Hall–Kier alpha value is -1.64. The van der Waals surface area contributed by atoms with Crippen molar-refractivity contribution >= 4 is 12.1 Å². The van der Waals surface area contributed by atoms with Crippen LogP contribution in [0.15, 0.2) is 34.4 Å². The van der Waals surface area contributed by atoms with E-state index in [0.717, 1.165) is 11.1 Å². The minimum absolute atomic E-state index is 0.612. The Bertz CT molecular complexity index is 339. The molecule has 2 rings (SSSR count). The maximum absolute atomic E-state index is 5.12. The van der Waals surface area contributed by atoms with E-state index in [0.29, 0.717) is 5.84 Å². The highest BCUT2D eigenvalue weighted by molar-refractivity contribution is 6.15. The molecule has 3 nitrogen and oxygen atoms in total. The van der Waals surface area contributed by atoms with Gasteiger partial charge < -0.3 is 5.84 Å². The number of benzene rings is 1. The molecule has 0 atom stereocenters. The third-order valence-electron chi connectivity index (χ3n) is 1.65. The first-order valence-electron chi connectivity index (χ1n) is 3.33. The summed E-state index contributed by atoms with van der Waals surface area (Å²) < 4.78 is 0. The standard InChI is InChI=1S/C8H7N3/c9-11-8-7-4-2-1-3-6(7)5-10-8/h1-5H,9H2. The second kappa shape index (κ2) is 2.20. The fraction of sp³-hybridized carbons (Fsp3) is 0. The summed E-state index contributed by atoms with van der Waals surface area (Å²) >= 11 is 0. The highest BCUT2D eigenvalue weighted by Crippen LogP contribution is 2.13. The smallest absolute Gasteiger partial charge is 0.179 e. The van der Waals surface area contributed by atoms with E-state index in [4.69, 9.17) is 5.84 Å². The first kappa shape index (κ1) is 6.09. The molecule has 11 heavy (non-hydrogen) atoms. The van der Waals surface area contributed by atoms with Gasteiger partial charge in [0.15, 0.2) is 5.84 Å². The van der Waals surface area contributed by atoms with Gasteiger partial charge in [0.25, 0.3) is 0 Å². The Morgan fingerprint density at radius 1 is 1.27 bits per heavy atom. The third kappa shape index (κ3) is 0.816. The van der Waals surface area contributed by atoms with Gasteiger partial charge in [-0.1, -0.05) is 24.3 Å². The van der Waals surface area contributed by atoms with Crippen molar-refractivity contribution < 1.29 is 0 Å². The van der Waals surface area contributed by atoms with Gasteiger partial charge in [0.2, 0.25) is 0 Å². The average molecular weight is 145 g/mol. The van der Waals surface area contributed by atoms with Crippen LogP contribution in [0.2, 0.25) is 0 Å². The molecular formula is C8H7N3. The van der Waals surface area contributed by atoms with E-state index in [-0.39, 0.29) is 0 Å². The van der Waals surface area contributed by atoms with Crippen molar-refractivity contribution in [1.82, 2.24) is 0 Å². The van der Waals surface area contributed by atoms with Gasteiger partial charge in [-0.3, -0.25) is 0 Å². The fourth-order valence-electron chi connectivity index (χ4n) is 1.12. The molecule has 0 saturated heterocycles. The van der Waals surface area contributed by atoms with E-state index >= 15 is 0 Å². The second-order valence-corrected chi connectivity index (χ2v) is 2.30. The molecule has 1 heterocycles. The van der Waals surface area contributed by atoms with Crippen molar-refractivity contribution in [2.24, 2.45) is 15.9 Å². The van der Waals surface area contributed by atoms with E-state index in [1.807, 2.05) is 24.3 Å². The van der Waals surface area contributed by atoms with Gasteiger partial charge in [0.1, 0.15) is 0 Å². The van der Waals surface area contributed by atoms with Crippen LogP contribution >= 0.6 is 0 Å². The van der Waals surface area contributed by atoms with Gasteiger partial charge >= 0.3 is 0 Å². The Morgan fingerprint density at radius 3 is 2.91 bits per heavy atom. The Kier molecular flexibility index (Phi) is 1.22. The van der Waals surface area contributed by atoms with Crippen LogP contribution in [-0.4, -0.2) is 12.1 Å². The van der Waals surface area contributed by atoms with Crippen molar-refractivity contribution in [3.63, 3.8) is 0 Å². The zero-order valence-electron chi connectivity index (χ0n) is 5.86. The highest BCUT2D eigenvalue weighted by Gasteiger charge is 2.10. The number of amidine groups is 1. The number of hydrogen-bond donors (Lipinski definition) is 1. The van der Waals surface area contributed by atoms with Gasteiger partial charge in [0, 0.05) is 17.3 Å². The van der Waals surface area contributed by atoms with Crippen molar-refractivity contribution in [2.45, 2.75) is 0 Å². The van der Waals surface area contributed by atoms with E-state index in [2.05, 4.69) is 10.1 Å². The van der Waals surface area contributed by atoms with Crippen molar-refractivity contribution in [1.29, 1.82) is 0 Å². The molecule has 0 spiro atoms. The number of hydrazone groups is 1. The van der Waals surface area contributed by atoms with E-state index in [1.54, 1.807) is 6.21 Å². The lowest BCUT2D eigenvalue weighted by Gasteiger charge is -1.93. The van der Waals surface area contributed by atoms with Crippen molar-refractivity contribution in [2.75, 3.05) is 0 Å². The van der Waals surface area contributed by atoms with Gasteiger partial charge in [-0.2, -0.15) is 5.10 Å². The molecule has 0 unspecified atom stereocenters. The number of fused-ring (bicyclic) bond motifs is 1. The predicted molar refractivity (Wildman–Crippen MR) is 44.8 cm³/mol. The summed E-state index contributed by atoms with van der Waals surface area (Å²) in [5.74, 6) is 5.73. The average Bonchev–Trinajstić information content (AvgIpc) is 2.47. The number of nitrogens with two attached hydrogens (primary N) is 1. The fourth-order valence-corrected chi connectivity index (χ4v) is 1.12. The van der Waals surface area contributed by atoms with E-state index < -0.39 is 0 Å². The van der Waals surface area contributed by atoms with Crippen LogP contribution in [0.1, 0.15) is 11.1 Å². The molecule has 0 saturated carbocycles. The molecule has 0 radical (unpaired) electrons. The zero-order valence-corrected chi connectivity index (χ0v) is 5.86. The number of rotatable bonds is 0. The lowest BCUT2D eigenvalue weighted by atomic mass is 10.1. The van der Waals surface area contributed by atoms with Gasteiger partial charge in [-0.25, -0.2) is 4.99 Å². The molecule has 1 aliphatic rings. The van der Waals surface area contributed by atoms with Gasteiger partial charge in [-0.05, 0) is 0 Å². The maximum Gasteiger partial charge on any atom is 0.179 e. The zero-order chi connectivity index (χ0) is 7.68. The summed E-state index contributed by atoms with van der Waals surface area (Å²) in [5, 5.41) is 3.55. The minimum Gasteiger partial charge on any atom is -0.321 e. The molecular weight excluding hydrogens is 138 g/mol. The summed E-state index contributed by atoms with van der Waals surface area (Å²) in [6.45, 7) is 0. The number of nitrogens with zero attached hydrogens (tertiary/aromatic N) is 2. The SMILES string of the molecule is NN=C1N=Cc2ccccc21. The maximum atomic E-state index is 5.12. The van der Waals surface area contributed by atoms with Crippen molar-refractivity contribution in [3.05, 3.63) is 35.4 Å². The van der Waals surface area contributed by atoms with Crippen LogP contribution in [0.3, 0.4) is 0 Å². The summed E-state index contributed by atoms with van der Waals surface area (Å²) in [7, 11) is 0. The first-order valence-corrected chi connectivity index (χ1v) is 3.33. The quantitative estimate of drug-likeness (QED) is 0.425. The summed E-state index contributed by atoms with van der Waals surface area (Å²) in [4.78, 5) is 4.02. The van der Waals surface area contributed by atoms with Crippen LogP contribution in [0.4, 0.5) is 0 Å². The van der Waals surface area contributed by atoms with E-state index in [9.17, 15) is 0 Å². The summed E-state index contributed by atoms with van der Waals surface area (Å²) in [6.07, 6.45) is 1.76. The molecule has 0 bridgehead atoms.